The third-order valence-electron chi connectivity index (χ3n) is 12.4. The average Bonchev–Trinajstić information content (AvgIpc) is 3.29. The number of hydrogen-bond acceptors (Lipinski definition) is 10. The minimum Gasteiger partial charge on any atom is -0.476 e. The first-order valence-electron chi connectivity index (χ1n) is 22.4. The Balaban J connectivity index is 1.07. The van der Waals surface area contributed by atoms with Crippen LogP contribution in [0, 0.1) is 20.8 Å². The molecule has 2 amide bonds. The van der Waals surface area contributed by atoms with E-state index in [1.165, 1.54) is 0 Å². The van der Waals surface area contributed by atoms with Gasteiger partial charge in [0, 0.05) is 91.6 Å². The first kappa shape index (κ1) is 44.6. The van der Waals surface area contributed by atoms with Gasteiger partial charge in [0.25, 0.3) is 11.8 Å². The fourth-order valence-electron chi connectivity index (χ4n) is 8.52. The van der Waals surface area contributed by atoms with E-state index in [0.717, 1.165) is 102 Å². The predicted molar refractivity (Wildman–Crippen MR) is 260 cm³/mol. The number of piperazine rings is 2. The number of halogens is 1. The molecule has 8 rings (SSSR count). The molecule has 2 aliphatic heterocycles. The molecule has 2 atom stereocenters. The number of fused-ring (bicyclic) bond motifs is 2. The Kier molecular flexibility index (Phi) is 13.6. The van der Waals surface area contributed by atoms with Gasteiger partial charge in [-0.2, -0.15) is 0 Å². The molecule has 334 valence electrons. The van der Waals surface area contributed by atoms with Gasteiger partial charge in [0.15, 0.2) is 0 Å². The quantitative estimate of drug-likeness (QED) is 0.117. The van der Waals surface area contributed by atoms with E-state index in [4.69, 9.17) is 31.0 Å². The summed E-state index contributed by atoms with van der Waals surface area (Å²) in [5.41, 5.74) is 5.81. The van der Waals surface area contributed by atoms with E-state index in [1.807, 2.05) is 55.5 Å². The molecule has 0 saturated carbocycles. The molecule has 2 aromatic heterocycles. The number of hydrogen-bond donors (Lipinski definition) is 2. The zero-order valence-corrected chi connectivity index (χ0v) is 38.7. The van der Waals surface area contributed by atoms with Crippen molar-refractivity contribution in [2.75, 3.05) is 72.8 Å². The van der Waals surface area contributed by atoms with Crippen LogP contribution in [0.4, 0.5) is 23.0 Å². The highest BCUT2D eigenvalue weighted by Crippen LogP contribution is 2.30. The summed E-state index contributed by atoms with van der Waals surface area (Å²) >= 11 is 6.25. The van der Waals surface area contributed by atoms with Crippen LogP contribution in [0.5, 0.6) is 11.5 Å². The van der Waals surface area contributed by atoms with Crippen LogP contribution < -0.4 is 29.9 Å². The first-order chi connectivity index (χ1) is 30.8. The Morgan fingerprint density at radius 2 is 0.938 bits per heavy atom. The number of anilines is 4. The maximum atomic E-state index is 14.7. The number of aryl methyl sites for hydroxylation is 3. The van der Waals surface area contributed by atoms with E-state index in [9.17, 15) is 9.59 Å². The number of carbonyl (C=O) groups is 2. The molecule has 4 heterocycles. The maximum absolute atomic E-state index is 14.7. The summed E-state index contributed by atoms with van der Waals surface area (Å²) in [4.78, 5) is 49.0. The zero-order chi connectivity index (χ0) is 45.1. The first-order valence-corrected chi connectivity index (χ1v) is 22.7. The molecule has 0 aliphatic carbocycles. The number of pyridine rings is 2. The van der Waals surface area contributed by atoms with Crippen molar-refractivity contribution in [1.82, 2.24) is 19.8 Å². The van der Waals surface area contributed by atoms with Crippen LogP contribution in [0.25, 0.3) is 21.8 Å². The highest BCUT2D eigenvalue weighted by Gasteiger charge is 2.39. The summed E-state index contributed by atoms with van der Waals surface area (Å²) < 4.78 is 12.9. The van der Waals surface area contributed by atoms with Gasteiger partial charge in [-0.25, -0.2) is 9.97 Å². The molecule has 2 N–H and O–H groups in total. The van der Waals surface area contributed by atoms with Gasteiger partial charge in [0.05, 0.1) is 11.0 Å². The van der Waals surface area contributed by atoms with Gasteiger partial charge < -0.3 is 29.9 Å². The second kappa shape index (κ2) is 19.4. The van der Waals surface area contributed by atoms with Crippen molar-refractivity contribution < 1.29 is 19.1 Å². The molecular weight excluding hydrogens is 824 g/mol. The predicted octanol–water partition coefficient (Wildman–Crippen LogP) is 8.89. The zero-order valence-electron chi connectivity index (χ0n) is 37.9. The lowest BCUT2D eigenvalue weighted by Crippen LogP contribution is -2.51. The van der Waals surface area contributed by atoms with Crippen molar-refractivity contribution in [2.24, 2.45) is 0 Å². The Bertz CT molecular complexity index is 2430. The van der Waals surface area contributed by atoms with Crippen LogP contribution in [0.3, 0.4) is 0 Å². The second-order valence-corrected chi connectivity index (χ2v) is 18.1. The number of nitrogens with zero attached hydrogens (tertiary/aromatic N) is 6. The molecule has 0 bridgehead atoms. The lowest BCUT2D eigenvalue weighted by Gasteiger charge is -2.37. The van der Waals surface area contributed by atoms with Crippen molar-refractivity contribution in [2.45, 2.75) is 72.8 Å². The lowest BCUT2D eigenvalue weighted by molar-refractivity contribution is -0.136. The number of carbonyl (C=O) groups excluding carboxylic acids is 2. The molecule has 13 heteroatoms. The number of ether oxygens (including phenoxy) is 2. The SMILES string of the molecule is Cc1ccc(OC(C(=O)Nc2ccc3nc(N4CCN(C(C)C)CC4)cc(C)c3c2)C(Oc2ccc(Cl)cc2)C(=O)Nc2ccc3nc(N4CCN(C(C)C)CC4)cc(C)c3c2)cc1. The maximum Gasteiger partial charge on any atom is 0.269 e. The summed E-state index contributed by atoms with van der Waals surface area (Å²) in [5, 5.41) is 8.41. The molecule has 2 saturated heterocycles. The van der Waals surface area contributed by atoms with E-state index in [1.54, 1.807) is 36.4 Å². The molecule has 2 aliphatic rings. The molecule has 6 aromatic rings. The minimum atomic E-state index is -1.45. The normalized spacial score (nSPS) is 16.0. The fraction of sp³-hybridized carbons (Fsp3) is 0.373. The van der Waals surface area contributed by atoms with Crippen LogP contribution in [-0.4, -0.2) is 108 Å². The van der Waals surface area contributed by atoms with E-state index >= 15 is 0 Å². The highest BCUT2D eigenvalue weighted by molar-refractivity contribution is 6.30. The topological polar surface area (TPSA) is 115 Å². The van der Waals surface area contributed by atoms with Gasteiger partial charge in [-0.1, -0.05) is 29.3 Å². The second-order valence-electron chi connectivity index (χ2n) is 17.6. The lowest BCUT2D eigenvalue weighted by atomic mass is 10.1. The number of aromatic nitrogens is 2. The van der Waals surface area contributed by atoms with Gasteiger partial charge in [0.2, 0.25) is 12.2 Å². The molecular formula is C51H59ClN8O4. The van der Waals surface area contributed by atoms with Crippen LogP contribution in [0.1, 0.15) is 44.4 Å². The number of amides is 2. The van der Waals surface area contributed by atoms with Crippen molar-refractivity contribution >= 4 is 68.2 Å². The van der Waals surface area contributed by atoms with Crippen LogP contribution in [0.15, 0.2) is 97.1 Å². The van der Waals surface area contributed by atoms with Crippen molar-refractivity contribution in [3.63, 3.8) is 0 Å². The number of nitrogens with one attached hydrogen (secondary N) is 2. The summed E-state index contributed by atoms with van der Waals surface area (Å²) in [6, 6.07) is 30.5. The van der Waals surface area contributed by atoms with E-state index in [2.05, 4.69) is 83.9 Å². The Morgan fingerprint density at radius 3 is 1.33 bits per heavy atom. The van der Waals surface area contributed by atoms with Crippen molar-refractivity contribution in [1.29, 1.82) is 0 Å². The van der Waals surface area contributed by atoms with Crippen LogP contribution in [0.2, 0.25) is 5.02 Å². The molecule has 0 spiro atoms. The summed E-state index contributed by atoms with van der Waals surface area (Å²) in [7, 11) is 0. The molecule has 2 unspecified atom stereocenters. The number of rotatable bonds is 13. The Hall–Kier alpha value is -5.95. The summed E-state index contributed by atoms with van der Waals surface area (Å²) in [6.07, 6.45) is -2.89. The van der Waals surface area contributed by atoms with E-state index < -0.39 is 24.0 Å². The third-order valence-corrected chi connectivity index (χ3v) is 12.7. The molecule has 0 radical (unpaired) electrons. The van der Waals surface area contributed by atoms with Crippen LogP contribution >= 0.6 is 11.6 Å². The molecule has 12 nitrogen and oxygen atoms in total. The Morgan fingerprint density at radius 1 is 0.547 bits per heavy atom. The summed E-state index contributed by atoms with van der Waals surface area (Å²) in [5.74, 6) is 1.48. The van der Waals surface area contributed by atoms with Gasteiger partial charge >= 0.3 is 0 Å². The van der Waals surface area contributed by atoms with Gasteiger partial charge in [-0.3, -0.25) is 19.4 Å². The van der Waals surface area contributed by atoms with Crippen LogP contribution in [-0.2, 0) is 9.59 Å². The van der Waals surface area contributed by atoms with Crippen molar-refractivity contribution in [3.8, 4) is 11.5 Å². The van der Waals surface area contributed by atoms with Gasteiger partial charge in [-0.15, -0.1) is 0 Å². The molecule has 64 heavy (non-hydrogen) atoms. The van der Waals surface area contributed by atoms with Gasteiger partial charge in [0.1, 0.15) is 23.1 Å². The minimum absolute atomic E-state index is 0.337. The number of benzene rings is 4. The van der Waals surface area contributed by atoms with E-state index in [-0.39, 0.29) is 0 Å². The largest absolute Gasteiger partial charge is 0.476 e. The molecule has 4 aromatic carbocycles. The smallest absolute Gasteiger partial charge is 0.269 e. The molecule has 2 fully saturated rings. The Labute approximate surface area is 381 Å². The fourth-order valence-corrected chi connectivity index (χ4v) is 8.65. The summed E-state index contributed by atoms with van der Waals surface area (Å²) in [6.45, 7) is 22.6. The highest BCUT2D eigenvalue weighted by atomic mass is 35.5. The third kappa shape index (κ3) is 10.4. The van der Waals surface area contributed by atoms with E-state index in [0.29, 0.717) is 40.0 Å². The van der Waals surface area contributed by atoms with Gasteiger partial charge in [-0.05, 0) is 145 Å². The monoisotopic (exact) mass is 882 g/mol. The average molecular weight is 884 g/mol. The standard InChI is InChI=1S/C51H59ClN8O4/c1-32(2)57-20-24-59(25-21-57)46-28-35(6)42-30-38(12-18-44(42)55-46)53-50(61)48(63-40-14-8-34(5)9-15-40)49(64-41-16-10-37(52)11-17-41)51(62)54-39-13-19-45-43(31-39)36(7)29-47(56-45)60-26-22-58(23-27-60)33(3)4/h8-19,28-33,48-49H,20-27H2,1-7H3,(H,53,61)(H,54,62). The van der Waals surface area contributed by atoms with Crippen molar-refractivity contribution in [3.05, 3.63) is 119 Å².